The third-order valence-corrected chi connectivity index (χ3v) is 2.89. The molecule has 1 aromatic carbocycles. The van der Waals surface area contributed by atoms with Crippen LogP contribution in [0.2, 0.25) is 0 Å². The Morgan fingerprint density at radius 2 is 2.10 bits per heavy atom. The van der Waals surface area contributed by atoms with Gasteiger partial charge >= 0.3 is 0 Å². The zero-order chi connectivity index (χ0) is 15.2. The van der Waals surface area contributed by atoms with Crippen molar-refractivity contribution in [1.82, 2.24) is 4.98 Å². The molecule has 0 saturated heterocycles. The first-order chi connectivity index (χ1) is 10.1. The van der Waals surface area contributed by atoms with E-state index in [1.807, 2.05) is 0 Å². The second-order valence-corrected chi connectivity index (χ2v) is 4.35. The van der Waals surface area contributed by atoms with Gasteiger partial charge in [-0.15, -0.1) is 0 Å². The summed E-state index contributed by atoms with van der Waals surface area (Å²) in [7, 11) is 1.52. The van der Waals surface area contributed by atoms with Crippen molar-refractivity contribution >= 4 is 5.71 Å². The molecule has 110 valence electrons. The molecule has 5 nitrogen and oxygen atoms in total. The Hall–Kier alpha value is -2.63. The van der Waals surface area contributed by atoms with Gasteiger partial charge in [-0.3, -0.25) is 4.98 Å². The van der Waals surface area contributed by atoms with Crippen molar-refractivity contribution in [3.8, 4) is 11.5 Å². The van der Waals surface area contributed by atoms with E-state index in [0.717, 1.165) is 6.20 Å². The summed E-state index contributed by atoms with van der Waals surface area (Å²) in [6, 6.07) is 6.51. The molecule has 0 saturated carbocycles. The maximum atomic E-state index is 13.0. The molecular formula is C15H15FN2O3. The van der Waals surface area contributed by atoms with Crippen molar-refractivity contribution in [3.05, 3.63) is 53.6 Å². The fourth-order valence-electron chi connectivity index (χ4n) is 1.77. The van der Waals surface area contributed by atoms with Crippen LogP contribution in [0.25, 0.3) is 0 Å². The Morgan fingerprint density at radius 1 is 1.29 bits per heavy atom. The van der Waals surface area contributed by atoms with Gasteiger partial charge in [0, 0.05) is 17.3 Å². The molecule has 2 rings (SSSR count). The molecule has 21 heavy (non-hydrogen) atoms. The number of benzene rings is 1. The molecule has 0 fully saturated rings. The molecule has 0 aliphatic heterocycles. The van der Waals surface area contributed by atoms with Gasteiger partial charge in [-0.1, -0.05) is 5.16 Å². The quantitative estimate of drug-likeness (QED) is 0.522. The number of methoxy groups -OCH3 is 1. The molecule has 1 heterocycles. The first-order valence-electron chi connectivity index (χ1n) is 6.23. The predicted molar refractivity (Wildman–Crippen MR) is 75.5 cm³/mol. The number of hydrogen-bond donors (Lipinski definition) is 1. The highest BCUT2D eigenvalue weighted by Gasteiger charge is 2.08. The molecule has 6 heteroatoms. The van der Waals surface area contributed by atoms with Crippen LogP contribution in [0.4, 0.5) is 4.39 Å². The highest BCUT2D eigenvalue weighted by Crippen LogP contribution is 2.29. The summed E-state index contributed by atoms with van der Waals surface area (Å²) >= 11 is 0. The first-order valence-corrected chi connectivity index (χ1v) is 6.23. The lowest BCUT2D eigenvalue weighted by Gasteiger charge is -2.12. The number of rotatable bonds is 5. The molecule has 0 bridgehead atoms. The van der Waals surface area contributed by atoms with Crippen LogP contribution in [0.1, 0.15) is 18.1 Å². The molecule has 0 spiro atoms. The van der Waals surface area contributed by atoms with E-state index < -0.39 is 5.82 Å². The van der Waals surface area contributed by atoms with Crippen LogP contribution in [-0.4, -0.2) is 23.0 Å². The Bertz CT molecular complexity index is 659. The van der Waals surface area contributed by atoms with E-state index in [1.165, 1.54) is 19.4 Å². The number of nitrogens with zero attached hydrogens (tertiary/aromatic N) is 2. The van der Waals surface area contributed by atoms with Crippen molar-refractivity contribution in [2.24, 2.45) is 5.16 Å². The van der Waals surface area contributed by atoms with Gasteiger partial charge in [0.1, 0.15) is 12.4 Å². The van der Waals surface area contributed by atoms with Gasteiger partial charge < -0.3 is 14.7 Å². The lowest BCUT2D eigenvalue weighted by Crippen LogP contribution is -2.01. The summed E-state index contributed by atoms with van der Waals surface area (Å²) in [5.41, 5.74) is 1.80. The minimum Gasteiger partial charge on any atom is -0.493 e. The zero-order valence-electron chi connectivity index (χ0n) is 11.7. The fraction of sp³-hybridized carbons (Fsp3) is 0.200. The highest BCUT2D eigenvalue weighted by atomic mass is 19.1. The zero-order valence-corrected chi connectivity index (χ0v) is 11.7. The average Bonchev–Trinajstić information content (AvgIpc) is 2.52. The van der Waals surface area contributed by atoms with Crippen molar-refractivity contribution in [2.45, 2.75) is 13.5 Å². The van der Waals surface area contributed by atoms with Crippen LogP contribution >= 0.6 is 0 Å². The lowest BCUT2D eigenvalue weighted by atomic mass is 10.1. The van der Waals surface area contributed by atoms with Gasteiger partial charge in [0.2, 0.25) is 0 Å². The Morgan fingerprint density at radius 3 is 2.76 bits per heavy atom. The molecule has 2 aromatic rings. The molecule has 1 aromatic heterocycles. The van der Waals surface area contributed by atoms with Crippen molar-refractivity contribution in [1.29, 1.82) is 0 Å². The van der Waals surface area contributed by atoms with Crippen molar-refractivity contribution in [3.63, 3.8) is 0 Å². The average molecular weight is 290 g/mol. The third-order valence-electron chi connectivity index (χ3n) is 2.89. The van der Waals surface area contributed by atoms with Gasteiger partial charge in [0.15, 0.2) is 11.5 Å². The van der Waals surface area contributed by atoms with E-state index in [9.17, 15) is 4.39 Å². The van der Waals surface area contributed by atoms with Crippen LogP contribution < -0.4 is 9.47 Å². The summed E-state index contributed by atoms with van der Waals surface area (Å²) < 4.78 is 23.9. The van der Waals surface area contributed by atoms with Gasteiger partial charge in [-0.2, -0.15) is 0 Å². The summed E-state index contributed by atoms with van der Waals surface area (Å²) in [4.78, 5) is 3.76. The summed E-state index contributed by atoms with van der Waals surface area (Å²) in [6.45, 7) is 1.85. The highest BCUT2D eigenvalue weighted by molar-refractivity contribution is 5.98. The third kappa shape index (κ3) is 3.68. The second-order valence-electron chi connectivity index (χ2n) is 4.35. The van der Waals surface area contributed by atoms with Crippen LogP contribution in [0.3, 0.4) is 0 Å². The smallest absolute Gasteiger partial charge is 0.161 e. The molecular weight excluding hydrogens is 275 g/mol. The number of hydrogen-bond acceptors (Lipinski definition) is 5. The van der Waals surface area contributed by atoms with E-state index in [0.29, 0.717) is 28.3 Å². The van der Waals surface area contributed by atoms with Crippen LogP contribution in [0.15, 0.2) is 41.8 Å². The van der Waals surface area contributed by atoms with Gasteiger partial charge in [0.25, 0.3) is 0 Å². The number of oxime groups is 1. The maximum Gasteiger partial charge on any atom is 0.161 e. The number of pyridine rings is 1. The SMILES string of the molecule is COc1cc(/C(C)=N/O)ccc1OCc1cncc(F)c1. The molecule has 0 aliphatic carbocycles. The molecule has 0 radical (unpaired) electrons. The molecule has 1 N–H and O–H groups in total. The van der Waals surface area contributed by atoms with Crippen LogP contribution in [0.5, 0.6) is 11.5 Å². The Kier molecular flexibility index (Phi) is 4.71. The minimum atomic E-state index is -0.409. The Balaban J connectivity index is 2.16. The van der Waals surface area contributed by atoms with Crippen LogP contribution in [-0.2, 0) is 6.61 Å². The summed E-state index contributed by atoms with van der Waals surface area (Å²) in [5.74, 6) is 0.601. The standard InChI is InChI=1S/C15H15FN2O3/c1-10(18-19)12-3-4-14(15(6-12)20-2)21-9-11-5-13(16)8-17-7-11/h3-8,19H,9H2,1-2H3/b18-10+. The molecule has 0 aliphatic rings. The monoisotopic (exact) mass is 290 g/mol. The van der Waals surface area contributed by atoms with E-state index in [-0.39, 0.29) is 6.61 Å². The van der Waals surface area contributed by atoms with E-state index >= 15 is 0 Å². The largest absolute Gasteiger partial charge is 0.493 e. The number of aromatic nitrogens is 1. The maximum absolute atomic E-state index is 13.0. The second kappa shape index (κ2) is 6.69. The Labute approximate surface area is 121 Å². The fourth-order valence-corrected chi connectivity index (χ4v) is 1.77. The number of ether oxygens (including phenoxy) is 2. The minimum absolute atomic E-state index is 0.174. The van der Waals surface area contributed by atoms with E-state index in [4.69, 9.17) is 14.7 Å². The lowest BCUT2D eigenvalue weighted by molar-refractivity contribution is 0.283. The molecule has 0 unspecified atom stereocenters. The topological polar surface area (TPSA) is 63.9 Å². The van der Waals surface area contributed by atoms with E-state index in [1.54, 1.807) is 25.1 Å². The normalized spacial score (nSPS) is 11.3. The summed E-state index contributed by atoms with van der Waals surface area (Å²) in [6.07, 6.45) is 2.67. The van der Waals surface area contributed by atoms with Crippen molar-refractivity contribution < 1.29 is 19.1 Å². The van der Waals surface area contributed by atoms with Gasteiger partial charge in [-0.05, 0) is 31.2 Å². The molecule has 0 atom stereocenters. The number of halogens is 1. The molecule has 0 amide bonds. The summed E-state index contributed by atoms with van der Waals surface area (Å²) in [5, 5.41) is 11.9. The van der Waals surface area contributed by atoms with Crippen LogP contribution in [0, 0.1) is 5.82 Å². The van der Waals surface area contributed by atoms with Crippen molar-refractivity contribution in [2.75, 3.05) is 7.11 Å². The first kappa shape index (κ1) is 14.8. The van der Waals surface area contributed by atoms with Gasteiger partial charge in [0.05, 0.1) is 19.0 Å². The predicted octanol–water partition coefficient (Wildman–Crippen LogP) is 3.01. The van der Waals surface area contributed by atoms with Gasteiger partial charge in [-0.25, -0.2) is 4.39 Å². The van der Waals surface area contributed by atoms with E-state index in [2.05, 4.69) is 10.1 Å².